The van der Waals surface area contributed by atoms with Gasteiger partial charge in [-0.05, 0) is 30.9 Å². The van der Waals surface area contributed by atoms with Crippen molar-refractivity contribution >= 4 is 17.7 Å². The molecule has 3 N–H and O–H groups in total. The minimum atomic E-state index is -1.43. The van der Waals surface area contributed by atoms with Crippen LogP contribution in [0, 0.1) is 11.7 Å². The van der Waals surface area contributed by atoms with Gasteiger partial charge >= 0.3 is 12.0 Å². The number of carbonyl (C=O) groups excluding carboxylic acids is 1. The van der Waals surface area contributed by atoms with Crippen molar-refractivity contribution in [1.82, 2.24) is 4.90 Å². The molecule has 6 nitrogen and oxygen atoms in total. The summed E-state index contributed by atoms with van der Waals surface area (Å²) in [4.78, 5) is 24.7. The minimum absolute atomic E-state index is 0.00409. The van der Waals surface area contributed by atoms with Gasteiger partial charge in [0.25, 0.3) is 0 Å². The van der Waals surface area contributed by atoms with Gasteiger partial charge in [-0.3, -0.25) is 0 Å². The van der Waals surface area contributed by atoms with E-state index >= 15 is 0 Å². The predicted molar refractivity (Wildman–Crippen MR) is 73.8 cm³/mol. The lowest BCUT2D eigenvalue weighted by molar-refractivity contribution is 0.0693. The minimum Gasteiger partial charge on any atom is -0.478 e. The first kappa shape index (κ1) is 15.2. The molecule has 21 heavy (non-hydrogen) atoms. The fraction of sp³-hybridized carbons (Fsp3) is 0.429. The van der Waals surface area contributed by atoms with E-state index in [0.717, 1.165) is 18.9 Å². The molecule has 2 amide bonds. The monoisotopic (exact) mass is 296 g/mol. The van der Waals surface area contributed by atoms with Crippen LogP contribution in [0.4, 0.5) is 14.9 Å². The quantitative estimate of drug-likeness (QED) is 0.793. The second kappa shape index (κ2) is 6.53. The Morgan fingerprint density at radius 2 is 2.19 bits per heavy atom. The fourth-order valence-electron chi connectivity index (χ4n) is 2.44. The molecule has 0 aliphatic carbocycles. The van der Waals surface area contributed by atoms with Crippen LogP contribution in [-0.4, -0.2) is 46.8 Å². The first-order valence-corrected chi connectivity index (χ1v) is 6.71. The summed E-state index contributed by atoms with van der Waals surface area (Å²) >= 11 is 0. The van der Waals surface area contributed by atoms with Crippen molar-refractivity contribution < 1.29 is 24.2 Å². The van der Waals surface area contributed by atoms with Crippen molar-refractivity contribution in [1.29, 1.82) is 0 Å². The molecule has 1 fully saturated rings. The summed E-state index contributed by atoms with van der Waals surface area (Å²) in [6.07, 6.45) is 1.62. The Morgan fingerprint density at radius 1 is 1.43 bits per heavy atom. The lowest BCUT2D eigenvalue weighted by Crippen LogP contribution is -2.43. The van der Waals surface area contributed by atoms with Crippen molar-refractivity contribution in [3.05, 3.63) is 29.6 Å². The van der Waals surface area contributed by atoms with Crippen LogP contribution in [0.25, 0.3) is 0 Å². The van der Waals surface area contributed by atoms with Gasteiger partial charge in [0.1, 0.15) is 11.4 Å². The van der Waals surface area contributed by atoms with Crippen molar-refractivity contribution in [3.63, 3.8) is 0 Å². The molecule has 1 heterocycles. The molecule has 1 unspecified atom stereocenters. The summed E-state index contributed by atoms with van der Waals surface area (Å²) in [7, 11) is 0. The molecule has 2 rings (SSSR count). The molecule has 1 aromatic rings. The number of rotatable bonds is 3. The van der Waals surface area contributed by atoms with Crippen LogP contribution in [0.1, 0.15) is 23.2 Å². The van der Waals surface area contributed by atoms with E-state index in [0.29, 0.717) is 13.1 Å². The second-order valence-electron chi connectivity index (χ2n) is 5.03. The number of aromatic carboxylic acids is 1. The normalized spacial score (nSPS) is 18.4. The number of halogens is 1. The highest BCUT2D eigenvalue weighted by Gasteiger charge is 2.25. The van der Waals surface area contributed by atoms with E-state index in [4.69, 9.17) is 10.2 Å². The number of hydrogen-bond donors (Lipinski definition) is 3. The van der Waals surface area contributed by atoms with Gasteiger partial charge in [-0.1, -0.05) is 6.07 Å². The average molecular weight is 296 g/mol. The number of amides is 2. The average Bonchev–Trinajstić information content (AvgIpc) is 2.47. The number of urea groups is 1. The molecule has 7 heteroatoms. The number of nitrogens with one attached hydrogen (secondary N) is 1. The van der Waals surface area contributed by atoms with E-state index in [-0.39, 0.29) is 18.2 Å². The van der Waals surface area contributed by atoms with E-state index in [1.54, 1.807) is 0 Å². The number of piperidine rings is 1. The van der Waals surface area contributed by atoms with E-state index in [1.165, 1.54) is 17.0 Å². The number of nitrogens with zero attached hydrogens (tertiary/aromatic N) is 1. The zero-order valence-electron chi connectivity index (χ0n) is 11.4. The van der Waals surface area contributed by atoms with Crippen LogP contribution in [0.3, 0.4) is 0 Å². The van der Waals surface area contributed by atoms with Crippen molar-refractivity contribution in [2.75, 3.05) is 25.0 Å². The maximum absolute atomic E-state index is 13.5. The molecular formula is C14H17FN2O4. The van der Waals surface area contributed by atoms with Crippen molar-refractivity contribution in [2.24, 2.45) is 5.92 Å². The third-order valence-electron chi connectivity index (χ3n) is 3.53. The van der Waals surface area contributed by atoms with Crippen molar-refractivity contribution in [2.45, 2.75) is 12.8 Å². The Hall–Kier alpha value is -2.15. The molecule has 0 saturated carbocycles. The Morgan fingerprint density at radius 3 is 2.86 bits per heavy atom. The van der Waals surface area contributed by atoms with Crippen LogP contribution in [0.2, 0.25) is 0 Å². The molecule has 1 aliphatic heterocycles. The molecule has 1 aromatic carbocycles. The van der Waals surface area contributed by atoms with Gasteiger partial charge in [-0.25, -0.2) is 14.0 Å². The largest absolute Gasteiger partial charge is 0.478 e. The third-order valence-corrected chi connectivity index (χ3v) is 3.53. The zero-order valence-corrected chi connectivity index (χ0v) is 11.4. The van der Waals surface area contributed by atoms with Crippen LogP contribution >= 0.6 is 0 Å². The van der Waals surface area contributed by atoms with Gasteiger partial charge < -0.3 is 20.4 Å². The standard InChI is InChI=1S/C14H17FN2O4/c15-10-4-1-5-11(12(10)13(19)20)16-14(21)17-6-2-3-9(7-17)8-18/h1,4-5,9,18H,2-3,6-8H2,(H,16,21)(H,19,20). The molecular weight excluding hydrogens is 279 g/mol. The number of carbonyl (C=O) groups is 2. The molecule has 114 valence electrons. The molecule has 0 aromatic heterocycles. The summed E-state index contributed by atoms with van der Waals surface area (Å²) in [5.74, 6) is -2.31. The summed E-state index contributed by atoms with van der Waals surface area (Å²) < 4.78 is 13.5. The Kier molecular flexibility index (Phi) is 4.74. The first-order valence-electron chi connectivity index (χ1n) is 6.71. The van der Waals surface area contributed by atoms with Crippen LogP contribution < -0.4 is 5.32 Å². The highest BCUT2D eigenvalue weighted by atomic mass is 19.1. The fourth-order valence-corrected chi connectivity index (χ4v) is 2.44. The lowest BCUT2D eigenvalue weighted by Gasteiger charge is -2.31. The first-order chi connectivity index (χ1) is 10.0. The Labute approximate surface area is 121 Å². The highest BCUT2D eigenvalue weighted by molar-refractivity contribution is 6.00. The molecule has 1 aliphatic rings. The number of aliphatic hydroxyl groups excluding tert-OH is 1. The van der Waals surface area contributed by atoms with Gasteiger partial charge in [0.15, 0.2) is 0 Å². The zero-order chi connectivity index (χ0) is 15.4. The third kappa shape index (κ3) is 3.49. The smallest absolute Gasteiger partial charge is 0.340 e. The van der Waals surface area contributed by atoms with E-state index in [1.807, 2.05) is 0 Å². The van der Waals surface area contributed by atoms with E-state index in [9.17, 15) is 14.0 Å². The number of anilines is 1. The topological polar surface area (TPSA) is 89.9 Å². The number of carboxylic acid groups (broad SMARTS) is 1. The Balaban J connectivity index is 2.13. The molecule has 0 spiro atoms. The van der Waals surface area contributed by atoms with Crippen molar-refractivity contribution in [3.8, 4) is 0 Å². The SMILES string of the molecule is O=C(O)c1c(F)cccc1NC(=O)N1CCCC(CO)C1. The maximum Gasteiger partial charge on any atom is 0.340 e. The Bertz CT molecular complexity index is 550. The van der Waals surface area contributed by atoms with E-state index in [2.05, 4.69) is 5.32 Å². The molecule has 1 saturated heterocycles. The number of aliphatic hydroxyl groups is 1. The number of carboxylic acids is 1. The van der Waals surface area contributed by atoms with E-state index < -0.39 is 23.4 Å². The van der Waals surface area contributed by atoms with Gasteiger partial charge in [0, 0.05) is 19.7 Å². The van der Waals surface area contributed by atoms with Gasteiger partial charge in [-0.2, -0.15) is 0 Å². The molecule has 0 radical (unpaired) electrons. The number of hydrogen-bond acceptors (Lipinski definition) is 3. The summed E-state index contributed by atoms with van der Waals surface area (Å²) in [6, 6.07) is 3.23. The lowest BCUT2D eigenvalue weighted by atomic mass is 9.99. The summed E-state index contributed by atoms with van der Waals surface area (Å²) in [5, 5.41) is 20.6. The van der Waals surface area contributed by atoms with Crippen LogP contribution in [-0.2, 0) is 0 Å². The maximum atomic E-state index is 13.5. The number of benzene rings is 1. The van der Waals surface area contributed by atoms with Crippen LogP contribution in [0.5, 0.6) is 0 Å². The summed E-state index contributed by atoms with van der Waals surface area (Å²) in [5.41, 5.74) is -0.625. The van der Waals surface area contributed by atoms with Gasteiger partial charge in [0.2, 0.25) is 0 Å². The summed E-state index contributed by atoms with van der Waals surface area (Å²) in [6.45, 7) is 0.935. The predicted octanol–water partition coefficient (Wildman–Crippen LogP) is 1.76. The van der Waals surface area contributed by atoms with Gasteiger partial charge in [0.05, 0.1) is 5.69 Å². The molecule has 1 atom stereocenters. The molecule has 0 bridgehead atoms. The number of likely N-dealkylation sites (tertiary alicyclic amines) is 1. The highest BCUT2D eigenvalue weighted by Crippen LogP contribution is 2.21. The second-order valence-corrected chi connectivity index (χ2v) is 5.03. The van der Waals surface area contributed by atoms with Gasteiger partial charge in [-0.15, -0.1) is 0 Å². The van der Waals surface area contributed by atoms with Crippen LogP contribution in [0.15, 0.2) is 18.2 Å².